The number of ether oxygens (including phenoxy) is 1. The fourth-order valence-electron chi connectivity index (χ4n) is 4.47. The molecule has 4 nitrogen and oxygen atoms in total. The lowest BCUT2D eigenvalue weighted by Gasteiger charge is -2.35. The van der Waals surface area contributed by atoms with Gasteiger partial charge in [0.1, 0.15) is 5.82 Å². The smallest absolute Gasteiger partial charge is 0.310 e. The number of rotatable bonds is 5. The summed E-state index contributed by atoms with van der Waals surface area (Å²) in [7, 11) is 1.35. The van der Waals surface area contributed by atoms with E-state index in [1.165, 1.54) is 25.1 Å². The van der Waals surface area contributed by atoms with Crippen LogP contribution in [0.25, 0.3) is 22.3 Å². The number of nitrogens with zero attached hydrogens (tertiary/aromatic N) is 1. The minimum Gasteiger partial charge on any atom is -0.469 e. The van der Waals surface area contributed by atoms with Crippen LogP contribution in [0.2, 0.25) is 0 Å². The first-order chi connectivity index (χ1) is 15.4. The van der Waals surface area contributed by atoms with E-state index in [1.54, 1.807) is 6.07 Å². The molecule has 0 radical (unpaired) electrons. The third-order valence-corrected chi connectivity index (χ3v) is 6.78. The molecule has 6 heteroatoms. The van der Waals surface area contributed by atoms with Crippen molar-refractivity contribution < 1.29 is 18.7 Å². The van der Waals surface area contributed by atoms with Crippen molar-refractivity contribution in [3.8, 4) is 22.3 Å². The summed E-state index contributed by atoms with van der Waals surface area (Å²) in [5.74, 6) is -0.751. The Bertz CT molecular complexity index is 1220. The first-order valence-corrected chi connectivity index (χ1v) is 11.5. The zero-order valence-electron chi connectivity index (χ0n) is 18.5. The van der Waals surface area contributed by atoms with Gasteiger partial charge in [0.25, 0.3) is 0 Å². The fourth-order valence-corrected chi connectivity index (χ4v) is 5.15. The van der Waals surface area contributed by atoms with Gasteiger partial charge in [0.15, 0.2) is 6.29 Å². The van der Waals surface area contributed by atoms with Crippen LogP contribution in [0.1, 0.15) is 32.6 Å². The van der Waals surface area contributed by atoms with Crippen LogP contribution in [-0.2, 0) is 22.5 Å². The molecular formula is C26H24FNO3S. The van der Waals surface area contributed by atoms with Crippen molar-refractivity contribution in [1.82, 2.24) is 0 Å². The molecule has 1 aliphatic rings. The van der Waals surface area contributed by atoms with Crippen LogP contribution >= 0.6 is 11.9 Å². The number of fused-ring (bicyclic) bond motifs is 3. The van der Waals surface area contributed by atoms with Crippen LogP contribution in [0, 0.1) is 19.7 Å². The van der Waals surface area contributed by atoms with Crippen molar-refractivity contribution in [2.24, 2.45) is 0 Å². The molecule has 164 valence electrons. The zero-order valence-corrected chi connectivity index (χ0v) is 19.3. The Morgan fingerprint density at radius 2 is 1.84 bits per heavy atom. The molecular weight excluding hydrogens is 425 g/mol. The van der Waals surface area contributed by atoms with Gasteiger partial charge in [-0.15, -0.1) is 0 Å². The molecule has 4 rings (SSSR count). The van der Waals surface area contributed by atoms with Crippen molar-refractivity contribution >= 4 is 29.9 Å². The lowest BCUT2D eigenvalue weighted by molar-refractivity contribution is -0.139. The van der Waals surface area contributed by atoms with Gasteiger partial charge in [-0.25, -0.2) is 4.39 Å². The number of aldehydes is 1. The van der Waals surface area contributed by atoms with E-state index >= 15 is 4.39 Å². The van der Waals surface area contributed by atoms with E-state index in [0.717, 1.165) is 39.8 Å². The van der Waals surface area contributed by atoms with E-state index in [9.17, 15) is 9.59 Å². The van der Waals surface area contributed by atoms with Crippen molar-refractivity contribution in [3.63, 3.8) is 0 Å². The van der Waals surface area contributed by atoms with E-state index in [2.05, 4.69) is 4.31 Å². The molecule has 1 heterocycles. The third kappa shape index (κ3) is 3.58. The van der Waals surface area contributed by atoms with Gasteiger partial charge in [0, 0.05) is 22.9 Å². The Morgan fingerprint density at radius 1 is 1.12 bits per heavy atom. The normalized spacial score (nSPS) is 12.2. The minimum atomic E-state index is -0.392. The Labute approximate surface area is 191 Å². The molecule has 0 fully saturated rings. The van der Waals surface area contributed by atoms with E-state index < -0.39 is 5.97 Å². The average Bonchev–Trinajstić information content (AvgIpc) is 2.80. The van der Waals surface area contributed by atoms with E-state index in [-0.39, 0.29) is 12.2 Å². The third-order valence-electron chi connectivity index (χ3n) is 6.03. The van der Waals surface area contributed by atoms with Crippen molar-refractivity contribution in [1.29, 1.82) is 0 Å². The predicted molar refractivity (Wildman–Crippen MR) is 128 cm³/mol. The molecule has 0 unspecified atom stereocenters. The fraction of sp³-hybridized carbons (Fsp3) is 0.231. The number of hydrogen-bond acceptors (Lipinski definition) is 5. The molecule has 0 saturated carbocycles. The summed E-state index contributed by atoms with van der Waals surface area (Å²) in [6.45, 7) is 4.42. The summed E-state index contributed by atoms with van der Waals surface area (Å²) >= 11 is 1.51. The van der Waals surface area contributed by atoms with E-state index in [4.69, 9.17) is 4.74 Å². The van der Waals surface area contributed by atoms with Gasteiger partial charge >= 0.3 is 5.97 Å². The van der Waals surface area contributed by atoms with Gasteiger partial charge in [0.05, 0.1) is 25.8 Å². The van der Waals surface area contributed by atoms with Crippen molar-refractivity contribution in [2.75, 3.05) is 17.7 Å². The zero-order chi connectivity index (χ0) is 23.0. The second-order valence-electron chi connectivity index (χ2n) is 7.85. The highest BCUT2D eigenvalue weighted by Crippen LogP contribution is 2.50. The molecule has 0 N–H and O–H groups in total. The van der Waals surface area contributed by atoms with Crippen LogP contribution in [0.15, 0.2) is 42.5 Å². The van der Waals surface area contributed by atoms with Crippen LogP contribution in [0.5, 0.6) is 0 Å². The Balaban J connectivity index is 2.17. The molecule has 3 aromatic rings. The second-order valence-corrected chi connectivity index (χ2v) is 8.65. The molecule has 0 bridgehead atoms. The molecule has 0 aliphatic carbocycles. The maximum atomic E-state index is 15.2. The molecule has 0 amide bonds. The minimum absolute atomic E-state index is 0.0199. The van der Waals surface area contributed by atoms with Crippen LogP contribution in [-0.4, -0.2) is 25.6 Å². The number of benzene rings is 3. The monoisotopic (exact) mass is 449 g/mol. The number of aryl methyl sites for hydroxylation is 1. The maximum absolute atomic E-state index is 15.2. The number of carbonyl (C=O) groups excluding carboxylic acids is 2. The van der Waals surface area contributed by atoms with Crippen molar-refractivity contribution in [2.45, 2.75) is 26.8 Å². The molecule has 0 spiro atoms. The van der Waals surface area contributed by atoms with Gasteiger partial charge in [-0.1, -0.05) is 53.9 Å². The summed E-state index contributed by atoms with van der Waals surface area (Å²) < 4.78 is 22.2. The number of hydrogen-bond donors (Lipinski definition) is 0. The average molecular weight is 450 g/mol. The molecule has 32 heavy (non-hydrogen) atoms. The Hall–Kier alpha value is -3.12. The summed E-state index contributed by atoms with van der Waals surface area (Å²) in [6, 6.07) is 12.8. The summed E-state index contributed by atoms with van der Waals surface area (Å²) in [5, 5.41) is 0. The lowest BCUT2D eigenvalue weighted by Crippen LogP contribution is -2.23. The van der Waals surface area contributed by atoms with Gasteiger partial charge in [-0.2, -0.15) is 0 Å². The van der Waals surface area contributed by atoms with Gasteiger partial charge in [-0.05, 0) is 47.7 Å². The molecule has 3 aromatic carbocycles. The van der Waals surface area contributed by atoms with Crippen molar-refractivity contribution in [3.05, 3.63) is 76.1 Å². The van der Waals surface area contributed by atoms with Crippen LogP contribution in [0.4, 0.5) is 10.1 Å². The highest BCUT2D eigenvalue weighted by molar-refractivity contribution is 7.99. The van der Waals surface area contributed by atoms with E-state index in [0.29, 0.717) is 28.8 Å². The molecule has 0 saturated heterocycles. The second kappa shape index (κ2) is 8.79. The highest BCUT2D eigenvalue weighted by atomic mass is 32.2. The highest BCUT2D eigenvalue weighted by Gasteiger charge is 2.33. The summed E-state index contributed by atoms with van der Waals surface area (Å²) in [4.78, 5) is 25.0. The number of esters is 1. The quantitative estimate of drug-likeness (QED) is 0.276. The first kappa shape index (κ1) is 22.1. The van der Waals surface area contributed by atoms with Gasteiger partial charge in [-0.3, -0.25) is 9.59 Å². The maximum Gasteiger partial charge on any atom is 0.310 e. The van der Waals surface area contributed by atoms with E-state index in [1.807, 2.05) is 50.4 Å². The van der Waals surface area contributed by atoms with Gasteiger partial charge in [0.2, 0.25) is 0 Å². The van der Waals surface area contributed by atoms with Crippen LogP contribution < -0.4 is 4.31 Å². The Kier molecular flexibility index (Phi) is 6.07. The van der Waals surface area contributed by atoms with Crippen LogP contribution in [0.3, 0.4) is 0 Å². The molecule has 1 aliphatic heterocycles. The van der Waals surface area contributed by atoms with Gasteiger partial charge < -0.3 is 9.04 Å². The Morgan fingerprint density at radius 3 is 2.47 bits per heavy atom. The predicted octanol–water partition coefficient (Wildman–Crippen LogP) is 5.90. The number of anilines is 1. The topological polar surface area (TPSA) is 46.6 Å². The molecule has 0 atom stereocenters. The number of halogens is 1. The number of carbonyl (C=O) groups is 2. The SMILES string of the molecule is COC(=O)Cc1c(C)c2c(c(C=O)c1-c1ccc(C)cc1)-c1c(F)cccc1CN2SC. The first-order valence-electron chi connectivity index (χ1n) is 10.3. The number of methoxy groups -OCH3 is 1. The summed E-state index contributed by atoms with van der Waals surface area (Å²) in [5.41, 5.74) is 7.12. The largest absolute Gasteiger partial charge is 0.469 e. The molecule has 0 aromatic heterocycles. The lowest BCUT2D eigenvalue weighted by atomic mass is 9.80. The standard InChI is InChI=1S/C26H24FNO3S/c1-15-8-10-17(11-9-15)23-19(12-22(30)31-3)16(2)26-25(20(23)14-29)24-18(13-28(26)32-4)6-5-7-21(24)27/h5-11,14H,12-13H2,1-4H3. The summed E-state index contributed by atoms with van der Waals surface area (Å²) in [6.07, 6.45) is 2.75.